The van der Waals surface area contributed by atoms with Crippen molar-refractivity contribution in [2.24, 2.45) is 5.14 Å². The third-order valence-corrected chi connectivity index (χ3v) is 8.41. The maximum Gasteiger partial charge on any atom is 0.238 e. The van der Waals surface area contributed by atoms with Crippen molar-refractivity contribution in [3.05, 3.63) is 33.7 Å². The lowest BCUT2D eigenvalue weighted by atomic mass is 10.0. The molecule has 0 amide bonds. The summed E-state index contributed by atoms with van der Waals surface area (Å²) in [6.45, 7) is -0.765. The van der Waals surface area contributed by atoms with E-state index in [0.717, 1.165) is 0 Å². The Labute approximate surface area is 190 Å². The Morgan fingerprint density at radius 3 is 2.23 bits per heavy atom. The number of hydrogen-bond donors (Lipinski definition) is 5. The zero-order valence-corrected chi connectivity index (χ0v) is 19.3. The Morgan fingerprint density at radius 2 is 1.68 bits per heavy atom. The summed E-state index contributed by atoms with van der Waals surface area (Å²) in [6.07, 6.45) is -6.84. The molecule has 1 fully saturated rings. The van der Waals surface area contributed by atoms with Crippen LogP contribution >= 0.6 is 22.6 Å². The first kappa shape index (κ1) is 24.4. The maximum atomic E-state index is 12.8. The summed E-state index contributed by atoms with van der Waals surface area (Å²) in [4.78, 5) is -0.114. The molecule has 1 unspecified atom stereocenters. The Bertz CT molecular complexity index is 1150. The number of halogens is 1. The van der Waals surface area contributed by atoms with Gasteiger partial charge in [-0.2, -0.15) is 0 Å². The van der Waals surface area contributed by atoms with E-state index in [0.29, 0.717) is 5.69 Å². The van der Waals surface area contributed by atoms with Crippen molar-refractivity contribution in [1.82, 2.24) is 15.0 Å². The van der Waals surface area contributed by atoms with Crippen molar-refractivity contribution >= 4 is 42.5 Å². The van der Waals surface area contributed by atoms with E-state index in [2.05, 4.69) is 10.3 Å². The van der Waals surface area contributed by atoms with Crippen LogP contribution in [0.2, 0.25) is 0 Å². The summed E-state index contributed by atoms with van der Waals surface area (Å²) in [5.41, 5.74) is -1.51. The van der Waals surface area contributed by atoms with E-state index < -0.39 is 62.1 Å². The van der Waals surface area contributed by atoms with Crippen molar-refractivity contribution in [1.29, 1.82) is 0 Å². The fourth-order valence-corrected chi connectivity index (χ4v) is 6.05. The van der Waals surface area contributed by atoms with Gasteiger partial charge in [-0.15, -0.1) is 5.10 Å². The molecule has 0 aliphatic carbocycles. The molecule has 3 rings (SSSR count). The number of rotatable bonds is 6. The van der Waals surface area contributed by atoms with E-state index in [1.807, 2.05) is 0 Å². The highest BCUT2D eigenvalue weighted by Gasteiger charge is 2.49. The Balaban J connectivity index is 1.86. The molecule has 6 N–H and O–H groups in total. The van der Waals surface area contributed by atoms with Crippen molar-refractivity contribution < 1.29 is 42.0 Å². The number of aliphatic hydroxyl groups is 4. The van der Waals surface area contributed by atoms with Gasteiger partial charge in [0.25, 0.3) is 0 Å². The van der Waals surface area contributed by atoms with E-state index in [4.69, 9.17) is 9.88 Å². The van der Waals surface area contributed by atoms with Gasteiger partial charge >= 0.3 is 0 Å². The largest absolute Gasteiger partial charge is 0.394 e. The summed E-state index contributed by atoms with van der Waals surface area (Å²) >= 11 is 1.80. The summed E-state index contributed by atoms with van der Waals surface area (Å²) in [5.74, 6) is -0.719. The lowest BCUT2D eigenvalue weighted by molar-refractivity contribution is -0.207. The molecule has 1 aromatic heterocycles. The molecule has 5 atom stereocenters. The molecule has 0 spiro atoms. The minimum absolute atomic E-state index is 0.00748. The molecular formula is C15H19IN4O9S2. The molecule has 16 heteroatoms. The lowest BCUT2D eigenvalue weighted by Crippen LogP contribution is -2.60. The molecular weight excluding hydrogens is 571 g/mol. The van der Waals surface area contributed by atoms with Gasteiger partial charge in [0.2, 0.25) is 10.0 Å². The first-order valence-corrected chi connectivity index (χ1v) is 13.0. The highest BCUT2D eigenvalue weighted by molar-refractivity contribution is 14.1. The van der Waals surface area contributed by atoms with Crippen molar-refractivity contribution in [3.8, 4) is 5.69 Å². The van der Waals surface area contributed by atoms with Gasteiger partial charge in [-0.1, -0.05) is 5.21 Å². The van der Waals surface area contributed by atoms with Crippen LogP contribution in [0.4, 0.5) is 0 Å². The zero-order chi connectivity index (χ0) is 23.1. The van der Waals surface area contributed by atoms with Crippen LogP contribution < -0.4 is 5.14 Å². The van der Waals surface area contributed by atoms with E-state index >= 15 is 0 Å². The summed E-state index contributed by atoms with van der Waals surface area (Å²) in [7, 11) is -8.16. The number of aliphatic hydroxyl groups excluding tert-OH is 4. The lowest BCUT2D eigenvalue weighted by Gasteiger charge is -2.39. The quantitative estimate of drug-likeness (QED) is 0.217. The topological polar surface area (TPSA) is 215 Å². The summed E-state index contributed by atoms with van der Waals surface area (Å²) < 4.78 is 55.0. The SMILES string of the molecule is NS(=O)(=O)c1ccc(-n2nnc(CS(=O)(=O)C3O[C@@H](CO)[C@@H](O)[C@@H](O)[C@@H]3O)c2I)cc1. The maximum absolute atomic E-state index is 12.8. The van der Waals surface area contributed by atoms with Gasteiger partial charge in [0, 0.05) is 0 Å². The number of hydrogen-bond acceptors (Lipinski definition) is 11. The van der Waals surface area contributed by atoms with Gasteiger partial charge in [-0.3, -0.25) is 0 Å². The first-order valence-electron chi connectivity index (χ1n) is 8.62. The van der Waals surface area contributed by atoms with Crippen molar-refractivity contribution in [3.63, 3.8) is 0 Å². The Morgan fingerprint density at radius 1 is 1.06 bits per heavy atom. The number of ether oxygens (including phenoxy) is 1. The van der Waals surface area contributed by atoms with Gasteiger partial charge in [-0.25, -0.2) is 26.7 Å². The third-order valence-electron chi connectivity index (χ3n) is 4.63. The Hall–Kier alpha value is -1.25. The molecule has 1 aromatic carbocycles. The van der Waals surface area contributed by atoms with E-state index in [1.54, 1.807) is 22.6 Å². The molecule has 0 radical (unpaired) electrons. The van der Waals surface area contributed by atoms with E-state index in [9.17, 15) is 37.3 Å². The number of nitrogens with two attached hydrogens (primary N) is 1. The van der Waals surface area contributed by atoms with Gasteiger partial charge < -0.3 is 25.2 Å². The Kier molecular flexibility index (Phi) is 7.04. The van der Waals surface area contributed by atoms with Gasteiger partial charge in [0.05, 0.1) is 22.9 Å². The molecule has 13 nitrogen and oxygen atoms in total. The zero-order valence-electron chi connectivity index (χ0n) is 15.6. The smallest absolute Gasteiger partial charge is 0.238 e. The second kappa shape index (κ2) is 8.94. The minimum atomic E-state index is -4.27. The molecule has 1 aliphatic heterocycles. The molecule has 0 saturated carbocycles. The van der Waals surface area contributed by atoms with Crippen molar-refractivity contribution in [2.75, 3.05) is 6.61 Å². The summed E-state index contributed by atoms with van der Waals surface area (Å²) in [6, 6.07) is 5.33. The van der Waals surface area contributed by atoms with Gasteiger partial charge in [0.15, 0.2) is 15.3 Å². The summed E-state index contributed by atoms with van der Waals surface area (Å²) in [5, 5.41) is 51.7. The predicted molar refractivity (Wildman–Crippen MR) is 112 cm³/mol. The molecule has 31 heavy (non-hydrogen) atoms. The van der Waals surface area contributed by atoms with Gasteiger partial charge in [0.1, 0.15) is 33.8 Å². The van der Waals surface area contributed by atoms with Crippen LogP contribution in [-0.2, 0) is 30.4 Å². The monoisotopic (exact) mass is 590 g/mol. The van der Waals surface area contributed by atoms with Gasteiger partial charge in [-0.05, 0) is 46.9 Å². The predicted octanol–water partition coefficient (Wildman–Crippen LogP) is -2.77. The minimum Gasteiger partial charge on any atom is -0.394 e. The molecule has 2 heterocycles. The normalized spacial score (nSPS) is 27.4. The fraction of sp³-hybridized carbons (Fsp3) is 0.467. The number of nitrogens with zero attached hydrogens (tertiary/aromatic N) is 3. The number of sulfonamides is 1. The number of benzene rings is 1. The third kappa shape index (κ3) is 4.91. The molecule has 1 saturated heterocycles. The first-order chi connectivity index (χ1) is 14.4. The number of primary sulfonamides is 1. The van der Waals surface area contributed by atoms with E-state index in [-0.39, 0.29) is 14.3 Å². The number of sulfone groups is 1. The van der Waals surface area contributed by atoms with Crippen LogP contribution in [0.3, 0.4) is 0 Å². The molecule has 1 aliphatic rings. The van der Waals surface area contributed by atoms with Crippen molar-refractivity contribution in [2.45, 2.75) is 40.5 Å². The second-order valence-corrected chi connectivity index (χ2v) is 11.4. The molecule has 0 bridgehead atoms. The number of aromatic nitrogens is 3. The van der Waals surface area contributed by atoms with Crippen LogP contribution in [0.15, 0.2) is 29.2 Å². The highest BCUT2D eigenvalue weighted by Crippen LogP contribution is 2.27. The highest BCUT2D eigenvalue weighted by atomic mass is 127. The average molecular weight is 590 g/mol. The molecule has 2 aromatic rings. The standard InChI is InChI=1S/C15H19IN4O9S2/c16-14-9(18-19-20(14)7-1-3-8(4-2-7)31(17,27)28)6-30(25,26)15-13(24)12(23)11(22)10(5-21)29-15/h1-4,10-13,15,21-24H,5-6H2,(H2,17,27,28)/t10-,11+,12+,13-,15?/m0/s1. The average Bonchev–Trinajstić information content (AvgIpc) is 3.05. The van der Waals surface area contributed by atoms with Crippen LogP contribution in [0.25, 0.3) is 5.69 Å². The van der Waals surface area contributed by atoms with Crippen LogP contribution in [0.5, 0.6) is 0 Å². The second-order valence-electron chi connectivity index (χ2n) is 6.78. The van der Waals surface area contributed by atoms with Crippen LogP contribution in [0, 0.1) is 3.70 Å². The van der Waals surface area contributed by atoms with E-state index in [1.165, 1.54) is 28.9 Å². The van der Waals surface area contributed by atoms with Crippen LogP contribution in [0.1, 0.15) is 5.69 Å². The van der Waals surface area contributed by atoms with Crippen LogP contribution in [-0.4, -0.2) is 88.7 Å². The molecule has 172 valence electrons. The fourth-order valence-electron chi connectivity index (χ4n) is 2.97.